The van der Waals surface area contributed by atoms with Gasteiger partial charge in [-0.25, -0.2) is 9.59 Å². The molecule has 0 bridgehead atoms. The summed E-state index contributed by atoms with van der Waals surface area (Å²) in [5.41, 5.74) is 0.979. The second-order valence-corrected chi connectivity index (χ2v) is 4.83. The van der Waals surface area contributed by atoms with Crippen molar-refractivity contribution >= 4 is 11.9 Å². The fourth-order valence-corrected chi connectivity index (χ4v) is 1.67. The van der Waals surface area contributed by atoms with E-state index in [2.05, 4.69) is 13.2 Å². The minimum absolute atomic E-state index is 0.236. The van der Waals surface area contributed by atoms with Crippen LogP contribution in [0.3, 0.4) is 0 Å². The zero-order chi connectivity index (χ0) is 19.0. The summed E-state index contributed by atoms with van der Waals surface area (Å²) >= 11 is 0. The quantitative estimate of drug-likeness (QED) is 0.411. The Morgan fingerprint density at radius 2 is 1.31 bits per heavy atom. The monoisotopic (exact) mass is 354 g/mol. The molecule has 0 aromatic heterocycles. The average Bonchev–Trinajstić information content (AvgIpc) is 2.71. The number of para-hydroxylation sites is 1. The van der Waals surface area contributed by atoms with Gasteiger partial charge >= 0.3 is 11.9 Å². The number of carbonyl (C=O) groups is 2. The van der Waals surface area contributed by atoms with Crippen LogP contribution >= 0.6 is 0 Å². The number of esters is 2. The molecule has 0 unspecified atom stereocenters. The summed E-state index contributed by atoms with van der Waals surface area (Å²) in [5, 5.41) is 0. The van der Waals surface area contributed by atoms with E-state index in [0.29, 0.717) is 13.2 Å². The van der Waals surface area contributed by atoms with Crippen molar-refractivity contribution < 1.29 is 23.8 Å². The first-order valence-corrected chi connectivity index (χ1v) is 7.96. The largest absolute Gasteiger partial charge is 0.490 e. The van der Waals surface area contributed by atoms with E-state index in [9.17, 15) is 9.59 Å². The fraction of sp³-hybridized carbons (Fsp3) is 0.143. The third kappa shape index (κ3) is 9.72. The van der Waals surface area contributed by atoms with Gasteiger partial charge in [0.15, 0.2) is 0 Å². The summed E-state index contributed by atoms with van der Waals surface area (Å²) in [6.07, 6.45) is 2.28. The van der Waals surface area contributed by atoms with Crippen LogP contribution in [0.15, 0.2) is 86.0 Å². The van der Waals surface area contributed by atoms with Crippen LogP contribution in [0, 0.1) is 0 Å². The van der Waals surface area contributed by atoms with Crippen LogP contribution in [-0.2, 0) is 25.7 Å². The summed E-state index contributed by atoms with van der Waals surface area (Å²) < 4.78 is 14.8. The molecule has 0 aliphatic carbocycles. The molecule has 5 nitrogen and oxygen atoms in total. The standard InChI is InChI=1S/C11H12O3.C10H10O2/c1-2-11(12)14-9-8-13-10-6-4-3-5-7-10;1-2-10(11)12-8-9-6-4-3-5-7-9/h2-7H,1,8-9H2;2-7H,1,8H2. The normalized spacial score (nSPS) is 9.08. The highest BCUT2D eigenvalue weighted by Crippen LogP contribution is 2.07. The van der Waals surface area contributed by atoms with E-state index in [4.69, 9.17) is 14.2 Å². The first-order chi connectivity index (χ1) is 12.7. The van der Waals surface area contributed by atoms with E-state index in [1.54, 1.807) is 0 Å². The van der Waals surface area contributed by atoms with E-state index in [-0.39, 0.29) is 12.6 Å². The van der Waals surface area contributed by atoms with E-state index in [1.807, 2.05) is 60.7 Å². The third-order valence-electron chi connectivity index (χ3n) is 2.90. The molecule has 26 heavy (non-hydrogen) atoms. The Kier molecular flexibility index (Phi) is 10.4. The van der Waals surface area contributed by atoms with Crippen LogP contribution in [0.4, 0.5) is 0 Å². The van der Waals surface area contributed by atoms with Gasteiger partial charge in [-0.05, 0) is 17.7 Å². The molecular weight excluding hydrogens is 332 g/mol. The Morgan fingerprint density at radius 1 is 0.769 bits per heavy atom. The molecule has 0 radical (unpaired) electrons. The summed E-state index contributed by atoms with van der Waals surface area (Å²) in [6, 6.07) is 18.9. The Balaban J connectivity index is 0.000000263. The highest BCUT2D eigenvalue weighted by molar-refractivity contribution is 5.81. The number of carbonyl (C=O) groups excluding carboxylic acids is 2. The minimum Gasteiger partial charge on any atom is -0.490 e. The van der Waals surface area contributed by atoms with Gasteiger partial charge < -0.3 is 14.2 Å². The topological polar surface area (TPSA) is 61.8 Å². The molecule has 0 aliphatic rings. The van der Waals surface area contributed by atoms with Crippen LogP contribution in [0.2, 0.25) is 0 Å². The van der Waals surface area contributed by atoms with Gasteiger partial charge in [0, 0.05) is 12.2 Å². The molecule has 0 spiro atoms. The van der Waals surface area contributed by atoms with Gasteiger partial charge in [-0.15, -0.1) is 0 Å². The Bertz CT molecular complexity index is 680. The number of hydrogen-bond acceptors (Lipinski definition) is 5. The smallest absolute Gasteiger partial charge is 0.330 e. The van der Waals surface area contributed by atoms with Crippen LogP contribution in [0.5, 0.6) is 5.75 Å². The first kappa shape index (κ1) is 20.7. The molecule has 0 saturated heterocycles. The van der Waals surface area contributed by atoms with Crippen molar-refractivity contribution in [3.05, 3.63) is 91.5 Å². The van der Waals surface area contributed by atoms with Gasteiger partial charge in [0.1, 0.15) is 25.6 Å². The Hall–Kier alpha value is -3.34. The molecule has 0 fully saturated rings. The maximum atomic E-state index is 10.6. The molecule has 0 amide bonds. The number of benzene rings is 2. The highest BCUT2D eigenvalue weighted by atomic mass is 16.6. The molecule has 0 aliphatic heterocycles. The predicted octanol–water partition coefficient (Wildman–Crippen LogP) is 3.71. The van der Waals surface area contributed by atoms with E-state index in [0.717, 1.165) is 23.5 Å². The third-order valence-corrected chi connectivity index (χ3v) is 2.90. The van der Waals surface area contributed by atoms with Gasteiger partial charge in [0.25, 0.3) is 0 Å². The van der Waals surface area contributed by atoms with Crippen LogP contribution in [-0.4, -0.2) is 25.2 Å². The van der Waals surface area contributed by atoms with Gasteiger partial charge in [-0.1, -0.05) is 61.7 Å². The predicted molar refractivity (Wildman–Crippen MR) is 99.5 cm³/mol. The average molecular weight is 354 g/mol. The highest BCUT2D eigenvalue weighted by Gasteiger charge is 1.96. The van der Waals surface area contributed by atoms with Crippen molar-refractivity contribution in [3.63, 3.8) is 0 Å². The summed E-state index contributed by atoms with van der Waals surface area (Å²) in [4.78, 5) is 21.3. The van der Waals surface area contributed by atoms with E-state index >= 15 is 0 Å². The van der Waals surface area contributed by atoms with Crippen LogP contribution in [0.25, 0.3) is 0 Å². The molecule has 5 heteroatoms. The Morgan fingerprint density at radius 3 is 1.88 bits per heavy atom. The zero-order valence-electron chi connectivity index (χ0n) is 14.5. The van der Waals surface area contributed by atoms with Gasteiger partial charge in [-0.2, -0.15) is 0 Å². The zero-order valence-corrected chi connectivity index (χ0v) is 14.5. The van der Waals surface area contributed by atoms with Crippen LogP contribution < -0.4 is 4.74 Å². The molecular formula is C21H22O5. The van der Waals surface area contributed by atoms with Gasteiger partial charge in [0.05, 0.1) is 0 Å². The van der Waals surface area contributed by atoms with E-state index < -0.39 is 5.97 Å². The molecule has 0 N–H and O–H groups in total. The summed E-state index contributed by atoms with van der Waals surface area (Å²) in [5.74, 6) is -0.0531. The number of rotatable bonds is 8. The van der Waals surface area contributed by atoms with Crippen LogP contribution in [0.1, 0.15) is 5.56 Å². The molecule has 2 rings (SSSR count). The first-order valence-electron chi connectivity index (χ1n) is 7.96. The van der Waals surface area contributed by atoms with Crippen molar-refractivity contribution in [1.29, 1.82) is 0 Å². The molecule has 0 heterocycles. The lowest BCUT2D eigenvalue weighted by atomic mass is 10.2. The fourth-order valence-electron chi connectivity index (χ4n) is 1.67. The minimum atomic E-state index is -0.429. The second-order valence-electron chi connectivity index (χ2n) is 4.83. The lowest BCUT2D eigenvalue weighted by molar-refractivity contribution is -0.139. The molecule has 0 saturated carbocycles. The maximum absolute atomic E-state index is 10.6. The lowest BCUT2D eigenvalue weighted by Crippen LogP contribution is -2.09. The Labute approximate surface area is 153 Å². The molecule has 0 atom stereocenters. The second kappa shape index (κ2) is 13.0. The summed E-state index contributed by atoms with van der Waals surface area (Å²) in [7, 11) is 0. The SMILES string of the molecule is C=CC(=O)OCCOc1ccccc1.C=CC(=O)OCc1ccccc1. The van der Waals surface area contributed by atoms with Crippen molar-refractivity contribution in [2.75, 3.05) is 13.2 Å². The van der Waals surface area contributed by atoms with Crippen molar-refractivity contribution in [2.24, 2.45) is 0 Å². The van der Waals surface area contributed by atoms with Crippen molar-refractivity contribution in [2.45, 2.75) is 6.61 Å². The van der Waals surface area contributed by atoms with E-state index in [1.165, 1.54) is 0 Å². The number of ether oxygens (including phenoxy) is 3. The lowest BCUT2D eigenvalue weighted by Gasteiger charge is -2.05. The maximum Gasteiger partial charge on any atom is 0.330 e. The summed E-state index contributed by atoms with van der Waals surface area (Å²) in [6.45, 7) is 7.48. The van der Waals surface area contributed by atoms with Crippen molar-refractivity contribution in [1.82, 2.24) is 0 Å². The van der Waals surface area contributed by atoms with Crippen molar-refractivity contribution in [3.8, 4) is 5.75 Å². The molecule has 136 valence electrons. The molecule has 2 aromatic carbocycles. The van der Waals surface area contributed by atoms with Gasteiger partial charge in [0.2, 0.25) is 0 Å². The molecule has 2 aromatic rings. The van der Waals surface area contributed by atoms with Gasteiger partial charge in [-0.3, -0.25) is 0 Å². The number of hydrogen-bond donors (Lipinski definition) is 0.